The van der Waals surface area contributed by atoms with Gasteiger partial charge in [0.2, 0.25) is 0 Å². The number of fused-ring (bicyclic) bond motifs is 1. The van der Waals surface area contributed by atoms with Crippen molar-refractivity contribution in [2.75, 3.05) is 29.9 Å². The van der Waals surface area contributed by atoms with E-state index in [1.165, 1.54) is 0 Å². The number of amides is 1. The maximum atomic E-state index is 13.2. The summed E-state index contributed by atoms with van der Waals surface area (Å²) in [5.74, 6) is 1.02. The van der Waals surface area contributed by atoms with E-state index in [0.29, 0.717) is 30.0 Å². The van der Waals surface area contributed by atoms with E-state index in [0.717, 1.165) is 53.2 Å². The van der Waals surface area contributed by atoms with Gasteiger partial charge in [0.25, 0.3) is 5.91 Å². The number of rotatable bonds is 9. The molecule has 5 rings (SSSR count). The first-order valence-corrected chi connectivity index (χ1v) is 14.6. The van der Waals surface area contributed by atoms with E-state index in [1.807, 2.05) is 101 Å². The van der Waals surface area contributed by atoms with E-state index in [-0.39, 0.29) is 18.0 Å². The van der Waals surface area contributed by atoms with Crippen molar-refractivity contribution in [3.8, 4) is 11.5 Å². The molecule has 0 radical (unpaired) electrons. The Labute approximate surface area is 247 Å². The van der Waals surface area contributed by atoms with Gasteiger partial charge in [0.05, 0.1) is 24.2 Å². The molecular weight excluding hydrogens is 530 g/mol. The number of nitrogens with one attached hydrogen (secondary N) is 2. The maximum absolute atomic E-state index is 13.2. The molecule has 220 valence electrons. The minimum Gasteiger partial charge on any atom is -0.493 e. The van der Waals surface area contributed by atoms with E-state index in [9.17, 15) is 9.59 Å². The Morgan fingerprint density at radius 1 is 1.00 bits per heavy atom. The zero-order valence-electron chi connectivity index (χ0n) is 25.0. The second-order valence-electron chi connectivity index (χ2n) is 11.4. The van der Waals surface area contributed by atoms with Gasteiger partial charge in [0.15, 0.2) is 0 Å². The summed E-state index contributed by atoms with van der Waals surface area (Å²) < 4.78 is 17.5. The van der Waals surface area contributed by atoms with Crippen LogP contribution in [0.25, 0.3) is 10.9 Å². The number of benzene rings is 3. The van der Waals surface area contributed by atoms with Gasteiger partial charge in [-0.15, -0.1) is 0 Å². The van der Waals surface area contributed by atoms with Crippen molar-refractivity contribution in [2.45, 2.75) is 59.2 Å². The summed E-state index contributed by atoms with van der Waals surface area (Å²) in [5, 5.41) is 3.97. The molecular formula is C34H39N3O5. The van der Waals surface area contributed by atoms with Crippen molar-refractivity contribution >= 4 is 34.2 Å². The number of hydrogen-bond acceptors (Lipinski definition) is 6. The molecule has 1 amide bonds. The molecule has 8 heteroatoms. The van der Waals surface area contributed by atoms with Gasteiger partial charge < -0.3 is 29.4 Å². The highest BCUT2D eigenvalue weighted by Gasteiger charge is 2.25. The molecule has 2 heterocycles. The number of anilines is 2. The van der Waals surface area contributed by atoms with Crippen LogP contribution < -0.4 is 19.7 Å². The highest BCUT2D eigenvalue weighted by atomic mass is 16.6. The highest BCUT2D eigenvalue weighted by Crippen LogP contribution is 2.32. The quantitative estimate of drug-likeness (QED) is 0.211. The van der Waals surface area contributed by atoms with Crippen molar-refractivity contribution < 1.29 is 23.8 Å². The first-order valence-electron chi connectivity index (χ1n) is 14.6. The van der Waals surface area contributed by atoms with Gasteiger partial charge in [-0.25, -0.2) is 4.79 Å². The van der Waals surface area contributed by atoms with Crippen LogP contribution >= 0.6 is 0 Å². The number of H-pyrrole nitrogens is 1. The fourth-order valence-corrected chi connectivity index (χ4v) is 5.31. The first kappa shape index (κ1) is 29.0. The van der Waals surface area contributed by atoms with E-state index in [2.05, 4.69) is 15.2 Å². The zero-order chi connectivity index (χ0) is 29.9. The summed E-state index contributed by atoms with van der Waals surface area (Å²) in [5.41, 5.74) is 4.12. The van der Waals surface area contributed by atoms with Crippen LogP contribution in [-0.2, 0) is 11.2 Å². The number of nitrogens with zero attached hydrogens (tertiary/aromatic N) is 1. The van der Waals surface area contributed by atoms with Crippen molar-refractivity contribution in [2.24, 2.45) is 0 Å². The Morgan fingerprint density at radius 2 is 1.74 bits per heavy atom. The normalized spacial score (nSPS) is 15.1. The van der Waals surface area contributed by atoms with E-state index < -0.39 is 5.60 Å². The number of esters is 1. The Balaban J connectivity index is 1.18. The van der Waals surface area contributed by atoms with E-state index in [4.69, 9.17) is 14.2 Å². The third-order valence-corrected chi connectivity index (χ3v) is 7.20. The minimum absolute atomic E-state index is 0.0361. The average Bonchev–Trinajstić information content (AvgIpc) is 3.59. The molecule has 1 aromatic heterocycles. The molecule has 42 heavy (non-hydrogen) atoms. The fourth-order valence-electron chi connectivity index (χ4n) is 5.31. The summed E-state index contributed by atoms with van der Waals surface area (Å²) >= 11 is 0. The molecule has 0 saturated carbocycles. The summed E-state index contributed by atoms with van der Waals surface area (Å²) in [6, 6.07) is 20.8. The van der Waals surface area contributed by atoms with Crippen LogP contribution in [0.15, 0.2) is 66.7 Å². The van der Waals surface area contributed by atoms with Crippen molar-refractivity contribution in [3.63, 3.8) is 0 Å². The maximum Gasteiger partial charge on any atom is 0.338 e. The van der Waals surface area contributed by atoms with Crippen LogP contribution in [0, 0.1) is 0 Å². The molecule has 1 aliphatic heterocycles. The molecule has 0 spiro atoms. The van der Waals surface area contributed by atoms with E-state index in [1.54, 1.807) is 0 Å². The molecule has 4 aromatic rings. The van der Waals surface area contributed by atoms with Gasteiger partial charge in [-0.05, 0) is 100 Å². The summed E-state index contributed by atoms with van der Waals surface area (Å²) in [6.07, 6.45) is 1.62. The molecule has 1 atom stereocenters. The fraction of sp³-hybridized carbons (Fsp3) is 0.353. The van der Waals surface area contributed by atoms with Crippen molar-refractivity contribution in [1.29, 1.82) is 0 Å². The Kier molecular flexibility index (Phi) is 8.43. The monoisotopic (exact) mass is 569 g/mol. The third kappa shape index (κ3) is 6.54. The lowest BCUT2D eigenvalue weighted by atomic mass is 10.1. The van der Waals surface area contributed by atoms with E-state index >= 15 is 0 Å². The molecule has 1 saturated heterocycles. The smallest absolute Gasteiger partial charge is 0.338 e. The number of ether oxygens (including phenoxy) is 3. The lowest BCUT2D eigenvalue weighted by molar-refractivity contribution is 0.00694. The van der Waals surface area contributed by atoms with Gasteiger partial charge >= 0.3 is 5.97 Å². The molecule has 0 aliphatic carbocycles. The molecule has 2 N–H and O–H groups in total. The zero-order valence-corrected chi connectivity index (χ0v) is 25.0. The Morgan fingerprint density at radius 3 is 2.40 bits per heavy atom. The Hall–Kier alpha value is -4.46. The van der Waals surface area contributed by atoms with Gasteiger partial charge in [-0.2, -0.15) is 0 Å². The summed E-state index contributed by atoms with van der Waals surface area (Å²) in [7, 11) is 0. The number of carbonyl (C=O) groups is 2. The Bertz CT molecular complexity index is 1550. The molecule has 3 aromatic carbocycles. The highest BCUT2D eigenvalue weighted by molar-refractivity contribution is 6.09. The molecule has 1 fully saturated rings. The largest absolute Gasteiger partial charge is 0.493 e. The van der Waals surface area contributed by atoms with Gasteiger partial charge in [0, 0.05) is 29.7 Å². The number of aromatic amines is 1. The van der Waals surface area contributed by atoms with Gasteiger partial charge in [0.1, 0.15) is 28.9 Å². The molecule has 0 unspecified atom stereocenters. The average molecular weight is 570 g/mol. The standard InChI is InChI=1S/C34H39N3O5/c1-6-27-30-28(9-8-10-29(30)40-7-2)36-31(27)32(38)35-23-13-17-25(18-14-23)41-26-19-20-37(21-26)24-15-11-22(12-16-24)33(39)42-34(3,4)5/h8-18,26,36H,6-7,19-21H2,1-5H3,(H,35,38)/t26-/m0/s1. The molecule has 8 nitrogen and oxygen atoms in total. The van der Waals surface area contributed by atoms with Gasteiger partial charge in [-0.3, -0.25) is 4.79 Å². The second kappa shape index (κ2) is 12.2. The number of aryl methyl sites for hydroxylation is 1. The second-order valence-corrected chi connectivity index (χ2v) is 11.4. The SMILES string of the molecule is CCOc1cccc2[nH]c(C(=O)Nc3ccc(O[C@H]4CCN(c5ccc(C(=O)OC(C)(C)C)cc5)C4)cc3)c(CC)c12. The summed E-state index contributed by atoms with van der Waals surface area (Å²) in [4.78, 5) is 31.1. The summed E-state index contributed by atoms with van der Waals surface area (Å²) in [6.45, 7) is 11.7. The van der Waals surface area contributed by atoms with Crippen LogP contribution in [0.5, 0.6) is 11.5 Å². The lowest BCUT2D eigenvalue weighted by Crippen LogP contribution is -2.25. The molecule has 0 bridgehead atoms. The predicted octanol–water partition coefficient (Wildman–Crippen LogP) is 6.99. The number of aromatic nitrogens is 1. The minimum atomic E-state index is -0.525. The van der Waals surface area contributed by atoms with Gasteiger partial charge in [-0.1, -0.05) is 13.0 Å². The van der Waals surface area contributed by atoms with Crippen LogP contribution in [0.1, 0.15) is 67.4 Å². The molecule has 1 aliphatic rings. The number of carbonyl (C=O) groups excluding carboxylic acids is 2. The van der Waals surface area contributed by atoms with Crippen LogP contribution in [0.3, 0.4) is 0 Å². The van der Waals surface area contributed by atoms with Crippen molar-refractivity contribution in [3.05, 3.63) is 83.6 Å². The third-order valence-electron chi connectivity index (χ3n) is 7.20. The van der Waals surface area contributed by atoms with Crippen LogP contribution in [0.4, 0.5) is 11.4 Å². The van der Waals surface area contributed by atoms with Crippen LogP contribution in [-0.4, -0.2) is 48.3 Å². The lowest BCUT2D eigenvalue weighted by Gasteiger charge is -2.21. The van der Waals surface area contributed by atoms with Crippen molar-refractivity contribution in [1.82, 2.24) is 4.98 Å². The number of hydrogen-bond donors (Lipinski definition) is 2. The van der Waals surface area contributed by atoms with Crippen LogP contribution in [0.2, 0.25) is 0 Å². The topological polar surface area (TPSA) is 92.9 Å². The predicted molar refractivity (Wildman–Crippen MR) is 166 cm³/mol. The first-order chi connectivity index (χ1) is 20.1.